The van der Waals surface area contributed by atoms with E-state index in [9.17, 15) is 14.4 Å². The Morgan fingerprint density at radius 3 is 2.56 bits per heavy atom. The molecule has 1 aromatic carbocycles. The molecule has 0 aliphatic carbocycles. The van der Waals surface area contributed by atoms with E-state index in [1.807, 2.05) is 24.3 Å². The molecule has 1 fully saturated rings. The van der Waals surface area contributed by atoms with Gasteiger partial charge in [-0.25, -0.2) is 0 Å². The molecule has 2 rings (SSSR count). The number of carbonyl (C=O) groups is 3. The van der Waals surface area contributed by atoms with Gasteiger partial charge in [-0.2, -0.15) is 0 Å². The molecule has 0 bridgehead atoms. The summed E-state index contributed by atoms with van der Waals surface area (Å²) in [6.45, 7) is 4.65. The topological polar surface area (TPSA) is 75.7 Å². The van der Waals surface area contributed by atoms with Crippen LogP contribution in [0.25, 0.3) is 6.08 Å². The van der Waals surface area contributed by atoms with Crippen molar-refractivity contribution >= 4 is 34.9 Å². The van der Waals surface area contributed by atoms with Gasteiger partial charge in [0, 0.05) is 13.7 Å². The lowest BCUT2D eigenvalue weighted by atomic mass is 10.0. The predicted molar refractivity (Wildman–Crippen MR) is 98.1 cm³/mol. The summed E-state index contributed by atoms with van der Waals surface area (Å²) in [5.41, 5.74) is 2.05. The van der Waals surface area contributed by atoms with Crippen LogP contribution in [0.5, 0.6) is 0 Å². The van der Waals surface area contributed by atoms with E-state index in [2.05, 4.69) is 19.2 Å². The molecule has 1 aromatic rings. The molecule has 134 valence electrons. The highest BCUT2D eigenvalue weighted by molar-refractivity contribution is 8.18. The smallest absolute Gasteiger partial charge is 0.294 e. The van der Waals surface area contributed by atoms with Crippen LogP contribution < -0.4 is 5.32 Å². The molecule has 1 aliphatic rings. The second-order valence-electron chi connectivity index (χ2n) is 5.93. The highest BCUT2D eigenvalue weighted by Gasteiger charge is 2.36. The zero-order chi connectivity index (χ0) is 18.4. The standard InChI is InChI=1S/C18H22N2O4S/c1-12(2)14-6-4-13(5-7-14)10-15-17(22)20(18(23)25-15)11-16(21)19-8-9-24-3/h4-7,10,12H,8-9,11H2,1-3H3,(H,19,21)/b15-10-. The van der Waals surface area contributed by atoms with E-state index in [4.69, 9.17) is 4.74 Å². The Labute approximate surface area is 151 Å². The fraction of sp³-hybridized carbons (Fsp3) is 0.389. The van der Waals surface area contributed by atoms with Crippen LogP contribution in [0, 0.1) is 0 Å². The van der Waals surface area contributed by atoms with Gasteiger partial charge in [-0.1, -0.05) is 38.1 Å². The normalized spacial score (nSPS) is 16.2. The van der Waals surface area contributed by atoms with Crippen LogP contribution in [-0.2, 0) is 14.3 Å². The van der Waals surface area contributed by atoms with E-state index < -0.39 is 11.1 Å². The first-order valence-corrected chi connectivity index (χ1v) is 8.85. The molecule has 0 saturated carbocycles. The second kappa shape index (κ2) is 8.82. The zero-order valence-electron chi connectivity index (χ0n) is 14.6. The Balaban J connectivity index is 2.03. The summed E-state index contributed by atoms with van der Waals surface area (Å²) in [6, 6.07) is 7.84. The van der Waals surface area contributed by atoms with Crippen LogP contribution >= 0.6 is 11.8 Å². The molecule has 3 amide bonds. The molecule has 7 heteroatoms. The molecular formula is C18H22N2O4S. The van der Waals surface area contributed by atoms with Crippen molar-refractivity contribution in [3.8, 4) is 0 Å². The molecule has 1 N–H and O–H groups in total. The van der Waals surface area contributed by atoms with Gasteiger partial charge in [-0.15, -0.1) is 0 Å². The number of rotatable bonds is 7. The average molecular weight is 362 g/mol. The van der Waals surface area contributed by atoms with Crippen molar-refractivity contribution in [2.45, 2.75) is 19.8 Å². The third kappa shape index (κ3) is 5.17. The van der Waals surface area contributed by atoms with Crippen LogP contribution in [-0.4, -0.2) is 48.8 Å². The fourth-order valence-corrected chi connectivity index (χ4v) is 3.10. The minimum atomic E-state index is -0.440. The number of imide groups is 1. The molecule has 0 unspecified atom stereocenters. The lowest BCUT2D eigenvalue weighted by molar-refractivity contribution is -0.129. The molecular weight excluding hydrogens is 340 g/mol. The third-order valence-corrected chi connectivity index (χ3v) is 4.61. The summed E-state index contributed by atoms with van der Waals surface area (Å²) >= 11 is 0.851. The fourth-order valence-electron chi connectivity index (χ4n) is 2.26. The van der Waals surface area contributed by atoms with Crippen molar-refractivity contribution < 1.29 is 19.1 Å². The number of ether oxygens (including phenoxy) is 1. The summed E-state index contributed by atoms with van der Waals surface area (Å²) in [5.74, 6) is -0.399. The maximum atomic E-state index is 12.4. The van der Waals surface area contributed by atoms with E-state index in [0.29, 0.717) is 24.0 Å². The number of nitrogens with one attached hydrogen (secondary N) is 1. The first-order chi connectivity index (χ1) is 11.9. The Bertz CT molecular complexity index is 683. The Morgan fingerprint density at radius 2 is 1.96 bits per heavy atom. The SMILES string of the molecule is COCCNC(=O)CN1C(=O)S/C(=C\c2ccc(C(C)C)cc2)C1=O. The number of amides is 3. The van der Waals surface area contributed by atoms with Crippen LogP contribution in [0.2, 0.25) is 0 Å². The highest BCUT2D eigenvalue weighted by Crippen LogP contribution is 2.32. The molecule has 25 heavy (non-hydrogen) atoms. The van der Waals surface area contributed by atoms with Crippen molar-refractivity contribution in [2.24, 2.45) is 0 Å². The minimum Gasteiger partial charge on any atom is -0.383 e. The van der Waals surface area contributed by atoms with Crippen molar-refractivity contribution in [3.05, 3.63) is 40.3 Å². The number of benzene rings is 1. The molecule has 0 spiro atoms. The number of methoxy groups -OCH3 is 1. The van der Waals surface area contributed by atoms with Crippen LogP contribution in [0.4, 0.5) is 4.79 Å². The quantitative estimate of drug-likeness (QED) is 0.596. The molecule has 0 atom stereocenters. The average Bonchev–Trinajstić information content (AvgIpc) is 2.83. The van der Waals surface area contributed by atoms with E-state index in [1.165, 1.54) is 12.7 Å². The van der Waals surface area contributed by atoms with Gasteiger partial charge < -0.3 is 10.1 Å². The van der Waals surface area contributed by atoms with Gasteiger partial charge in [-0.3, -0.25) is 19.3 Å². The molecule has 1 saturated heterocycles. The minimum absolute atomic E-state index is 0.280. The van der Waals surface area contributed by atoms with Gasteiger partial charge in [-0.05, 0) is 34.9 Å². The summed E-state index contributed by atoms with van der Waals surface area (Å²) in [7, 11) is 1.53. The largest absolute Gasteiger partial charge is 0.383 e. The van der Waals surface area contributed by atoms with E-state index in [-0.39, 0.29) is 12.5 Å². The molecule has 0 aromatic heterocycles. The van der Waals surface area contributed by atoms with Gasteiger partial charge >= 0.3 is 0 Å². The predicted octanol–water partition coefficient (Wildman–Crippen LogP) is 2.61. The maximum Gasteiger partial charge on any atom is 0.294 e. The zero-order valence-corrected chi connectivity index (χ0v) is 15.4. The number of thioether (sulfide) groups is 1. The number of nitrogens with zero attached hydrogens (tertiary/aromatic N) is 1. The van der Waals surface area contributed by atoms with Crippen LogP contribution in [0.3, 0.4) is 0 Å². The number of hydrogen-bond donors (Lipinski definition) is 1. The van der Waals surface area contributed by atoms with Gasteiger partial charge in [0.15, 0.2) is 0 Å². The summed E-state index contributed by atoms with van der Waals surface area (Å²) in [4.78, 5) is 37.5. The third-order valence-electron chi connectivity index (χ3n) is 3.70. The van der Waals surface area contributed by atoms with Crippen molar-refractivity contribution in [3.63, 3.8) is 0 Å². The Hall–Kier alpha value is -2.12. The molecule has 1 aliphatic heterocycles. The van der Waals surface area contributed by atoms with Crippen molar-refractivity contribution in [2.75, 3.05) is 26.8 Å². The van der Waals surface area contributed by atoms with Crippen molar-refractivity contribution in [1.82, 2.24) is 10.2 Å². The van der Waals surface area contributed by atoms with Gasteiger partial charge in [0.2, 0.25) is 5.91 Å². The number of carbonyl (C=O) groups excluding carboxylic acids is 3. The highest BCUT2D eigenvalue weighted by atomic mass is 32.2. The maximum absolute atomic E-state index is 12.4. The van der Waals surface area contributed by atoms with Crippen LogP contribution in [0.1, 0.15) is 30.9 Å². The second-order valence-corrected chi connectivity index (χ2v) is 6.93. The summed E-state index contributed by atoms with van der Waals surface area (Å²) < 4.78 is 4.84. The van der Waals surface area contributed by atoms with E-state index in [1.54, 1.807) is 6.08 Å². The van der Waals surface area contributed by atoms with Gasteiger partial charge in [0.1, 0.15) is 6.54 Å². The lowest BCUT2D eigenvalue weighted by Crippen LogP contribution is -2.40. The first kappa shape index (κ1) is 19.2. The lowest BCUT2D eigenvalue weighted by Gasteiger charge is -2.12. The molecule has 0 radical (unpaired) electrons. The van der Waals surface area contributed by atoms with E-state index >= 15 is 0 Å². The van der Waals surface area contributed by atoms with Gasteiger partial charge in [0.25, 0.3) is 11.1 Å². The Kier molecular flexibility index (Phi) is 6.78. The molecule has 6 nitrogen and oxygen atoms in total. The summed E-state index contributed by atoms with van der Waals surface area (Å²) in [5, 5.41) is 2.16. The van der Waals surface area contributed by atoms with Crippen LogP contribution in [0.15, 0.2) is 29.2 Å². The molecule has 1 heterocycles. The first-order valence-electron chi connectivity index (χ1n) is 8.03. The van der Waals surface area contributed by atoms with Gasteiger partial charge in [0.05, 0.1) is 11.5 Å². The number of hydrogen-bond acceptors (Lipinski definition) is 5. The summed E-state index contributed by atoms with van der Waals surface area (Å²) in [6.07, 6.45) is 1.68. The monoisotopic (exact) mass is 362 g/mol. The Morgan fingerprint density at radius 1 is 1.28 bits per heavy atom. The van der Waals surface area contributed by atoms with E-state index in [0.717, 1.165) is 22.2 Å². The van der Waals surface area contributed by atoms with Crippen molar-refractivity contribution in [1.29, 1.82) is 0 Å².